The summed E-state index contributed by atoms with van der Waals surface area (Å²) in [6.07, 6.45) is 12.1. The highest BCUT2D eigenvalue weighted by Crippen LogP contribution is 2.34. The molecule has 1 fully saturated rings. The van der Waals surface area contributed by atoms with Crippen molar-refractivity contribution in [1.82, 2.24) is 10.3 Å². The molecule has 5 rings (SSSR count). The van der Waals surface area contributed by atoms with Crippen LogP contribution in [-0.4, -0.2) is 22.8 Å². The van der Waals surface area contributed by atoms with Crippen molar-refractivity contribution in [2.24, 2.45) is 0 Å². The highest BCUT2D eigenvalue weighted by atomic mass is 16.3. The zero-order valence-electron chi connectivity index (χ0n) is 18.0. The lowest BCUT2D eigenvalue weighted by atomic mass is 10.0. The third kappa shape index (κ3) is 4.05. The summed E-state index contributed by atoms with van der Waals surface area (Å²) in [5.41, 5.74) is 3.92. The Balaban J connectivity index is 1.59. The number of aromatic nitrogens is 1. The van der Waals surface area contributed by atoms with Crippen molar-refractivity contribution in [3.8, 4) is 0 Å². The second kappa shape index (κ2) is 8.99. The number of anilines is 1. The Hall–Kier alpha value is -3.41. The Bertz CT molecular complexity index is 1090. The molecule has 1 atom stereocenters. The number of amides is 2. The Kier molecular flexibility index (Phi) is 5.75. The number of aryl methyl sites for hydroxylation is 2. The van der Waals surface area contributed by atoms with Crippen molar-refractivity contribution in [3.63, 3.8) is 0 Å². The molecule has 3 aromatic rings. The van der Waals surface area contributed by atoms with Gasteiger partial charge in [0.1, 0.15) is 6.04 Å². The summed E-state index contributed by atoms with van der Waals surface area (Å²) in [5.74, 6) is -0.332. The van der Waals surface area contributed by atoms with Crippen LogP contribution >= 0.6 is 0 Å². The van der Waals surface area contributed by atoms with Crippen molar-refractivity contribution in [3.05, 3.63) is 83.6 Å². The van der Waals surface area contributed by atoms with Gasteiger partial charge < -0.3 is 9.73 Å². The van der Waals surface area contributed by atoms with E-state index in [-0.39, 0.29) is 23.6 Å². The second-order valence-electron chi connectivity index (χ2n) is 8.64. The molecule has 2 heterocycles. The number of nitrogens with zero attached hydrogens (tertiary/aromatic N) is 2. The molecule has 164 valence electrons. The minimum absolute atomic E-state index is 0.141. The quantitative estimate of drug-likeness (QED) is 0.621. The van der Waals surface area contributed by atoms with E-state index in [0.717, 1.165) is 44.9 Å². The molecule has 1 aromatic carbocycles. The van der Waals surface area contributed by atoms with Gasteiger partial charge >= 0.3 is 0 Å². The molecule has 32 heavy (non-hydrogen) atoms. The fourth-order valence-corrected chi connectivity index (χ4v) is 4.92. The molecule has 2 aliphatic carbocycles. The summed E-state index contributed by atoms with van der Waals surface area (Å²) in [4.78, 5) is 33.2. The van der Waals surface area contributed by atoms with Gasteiger partial charge in [-0.3, -0.25) is 19.5 Å². The highest BCUT2D eigenvalue weighted by molar-refractivity contribution is 6.08. The molecule has 6 nitrogen and oxygen atoms in total. The zero-order chi connectivity index (χ0) is 21.9. The van der Waals surface area contributed by atoms with Crippen LogP contribution in [-0.2, 0) is 17.6 Å². The highest BCUT2D eigenvalue weighted by Gasteiger charge is 2.36. The number of furan rings is 1. The van der Waals surface area contributed by atoms with E-state index >= 15 is 0 Å². The molecule has 0 radical (unpaired) electrons. The van der Waals surface area contributed by atoms with Crippen LogP contribution in [0.15, 0.2) is 65.5 Å². The molecule has 0 unspecified atom stereocenters. The first-order valence-corrected chi connectivity index (χ1v) is 11.4. The van der Waals surface area contributed by atoms with Crippen molar-refractivity contribution < 1.29 is 14.0 Å². The van der Waals surface area contributed by atoms with Gasteiger partial charge in [-0.1, -0.05) is 25.0 Å². The van der Waals surface area contributed by atoms with Crippen LogP contribution in [0.2, 0.25) is 0 Å². The summed E-state index contributed by atoms with van der Waals surface area (Å²) >= 11 is 0. The lowest BCUT2D eigenvalue weighted by molar-refractivity contribution is -0.123. The van der Waals surface area contributed by atoms with Crippen LogP contribution in [0.3, 0.4) is 0 Å². The van der Waals surface area contributed by atoms with E-state index in [9.17, 15) is 9.59 Å². The molecule has 0 spiro atoms. The van der Waals surface area contributed by atoms with Gasteiger partial charge in [0.25, 0.3) is 5.91 Å². The maximum Gasteiger partial charge on any atom is 0.294 e. The largest absolute Gasteiger partial charge is 0.459 e. The SMILES string of the molecule is O=C(NC1CCCC1)[C@H](c1cccnc1)N(C(=O)c1ccco1)c1ccc2c(c1)CCC2. The van der Waals surface area contributed by atoms with E-state index in [2.05, 4.69) is 22.4 Å². The maximum absolute atomic E-state index is 13.7. The summed E-state index contributed by atoms with van der Waals surface area (Å²) in [6, 6.07) is 12.3. The smallest absolute Gasteiger partial charge is 0.294 e. The average Bonchev–Trinajstić information content (AvgIpc) is 3.60. The lowest BCUT2D eigenvalue weighted by Gasteiger charge is -2.32. The van der Waals surface area contributed by atoms with Crippen molar-refractivity contribution in [1.29, 1.82) is 0 Å². The van der Waals surface area contributed by atoms with Crippen LogP contribution in [0, 0.1) is 0 Å². The molecule has 2 aliphatic rings. The number of rotatable bonds is 6. The minimum atomic E-state index is -0.846. The molecule has 0 saturated heterocycles. The van der Waals surface area contributed by atoms with E-state index in [4.69, 9.17) is 4.42 Å². The Morgan fingerprint density at radius 3 is 2.62 bits per heavy atom. The Morgan fingerprint density at radius 2 is 1.88 bits per heavy atom. The van der Waals surface area contributed by atoms with Gasteiger partial charge in [-0.05, 0) is 73.6 Å². The predicted molar refractivity (Wildman–Crippen MR) is 121 cm³/mol. The number of benzene rings is 1. The van der Waals surface area contributed by atoms with Gasteiger partial charge in [-0.25, -0.2) is 0 Å². The topological polar surface area (TPSA) is 75.4 Å². The van der Waals surface area contributed by atoms with Crippen LogP contribution in [0.25, 0.3) is 0 Å². The van der Waals surface area contributed by atoms with Gasteiger partial charge in [0.05, 0.1) is 6.26 Å². The molecule has 0 bridgehead atoms. The van der Waals surface area contributed by atoms with Crippen molar-refractivity contribution in [2.45, 2.75) is 57.0 Å². The standard InChI is InChI=1S/C26H27N3O3/c30-25(28-21-9-1-2-10-21)24(20-8-4-14-27-17-20)29(26(31)23-11-5-15-32-23)22-13-12-18-6-3-7-19(18)16-22/h4-5,8,11-17,21,24H,1-3,6-7,9-10H2,(H,28,30)/t24-/m0/s1. The van der Waals surface area contributed by atoms with Crippen LogP contribution in [0.5, 0.6) is 0 Å². The van der Waals surface area contributed by atoms with Gasteiger partial charge in [0.15, 0.2) is 5.76 Å². The van der Waals surface area contributed by atoms with E-state index < -0.39 is 6.04 Å². The van der Waals surface area contributed by atoms with Crippen molar-refractivity contribution in [2.75, 3.05) is 4.90 Å². The number of carbonyl (C=O) groups excluding carboxylic acids is 2. The van der Waals surface area contributed by atoms with Crippen molar-refractivity contribution >= 4 is 17.5 Å². The number of hydrogen-bond acceptors (Lipinski definition) is 4. The third-order valence-electron chi connectivity index (χ3n) is 6.52. The summed E-state index contributed by atoms with van der Waals surface area (Å²) < 4.78 is 5.45. The third-order valence-corrected chi connectivity index (χ3v) is 6.52. The normalized spacial score (nSPS) is 16.5. The maximum atomic E-state index is 13.7. The van der Waals surface area contributed by atoms with E-state index in [1.54, 1.807) is 35.5 Å². The number of fused-ring (bicyclic) bond motifs is 1. The molecule has 6 heteroatoms. The monoisotopic (exact) mass is 429 g/mol. The molecule has 0 aliphatic heterocycles. The minimum Gasteiger partial charge on any atom is -0.459 e. The van der Waals surface area contributed by atoms with Gasteiger partial charge in [0, 0.05) is 29.7 Å². The number of carbonyl (C=O) groups is 2. The predicted octanol–water partition coefficient (Wildman–Crippen LogP) is 4.61. The van der Waals surface area contributed by atoms with Gasteiger partial charge in [0.2, 0.25) is 5.91 Å². The molecule has 2 aromatic heterocycles. The number of nitrogens with one attached hydrogen (secondary N) is 1. The van der Waals surface area contributed by atoms with Crippen LogP contribution in [0.4, 0.5) is 5.69 Å². The number of hydrogen-bond donors (Lipinski definition) is 1. The molecule has 2 amide bonds. The summed E-state index contributed by atoms with van der Waals surface area (Å²) in [5, 5.41) is 3.19. The molecule has 1 saturated carbocycles. The summed E-state index contributed by atoms with van der Waals surface area (Å²) in [6.45, 7) is 0. The van der Waals surface area contributed by atoms with E-state index in [1.165, 1.54) is 17.4 Å². The zero-order valence-corrected chi connectivity index (χ0v) is 18.0. The Labute approximate surface area is 187 Å². The van der Waals surface area contributed by atoms with E-state index in [0.29, 0.717) is 11.3 Å². The lowest BCUT2D eigenvalue weighted by Crippen LogP contribution is -2.46. The average molecular weight is 430 g/mol. The molecular formula is C26H27N3O3. The first-order chi connectivity index (χ1) is 15.7. The first-order valence-electron chi connectivity index (χ1n) is 11.4. The molecular weight excluding hydrogens is 402 g/mol. The second-order valence-corrected chi connectivity index (χ2v) is 8.64. The first kappa shape index (κ1) is 20.5. The van der Waals surface area contributed by atoms with Gasteiger partial charge in [-0.2, -0.15) is 0 Å². The summed E-state index contributed by atoms with van der Waals surface area (Å²) in [7, 11) is 0. The van der Waals surface area contributed by atoms with Crippen LogP contribution < -0.4 is 10.2 Å². The Morgan fingerprint density at radius 1 is 1.03 bits per heavy atom. The van der Waals surface area contributed by atoms with Gasteiger partial charge in [-0.15, -0.1) is 0 Å². The fraction of sp³-hybridized carbons (Fsp3) is 0.346. The molecule has 1 N–H and O–H groups in total. The number of pyridine rings is 1. The van der Waals surface area contributed by atoms with Crippen LogP contribution in [0.1, 0.15) is 65.4 Å². The van der Waals surface area contributed by atoms with E-state index in [1.807, 2.05) is 12.1 Å². The fourth-order valence-electron chi connectivity index (χ4n) is 4.92.